The van der Waals surface area contributed by atoms with E-state index in [0.717, 1.165) is 25.7 Å². The van der Waals surface area contributed by atoms with Gasteiger partial charge in [0.15, 0.2) is 5.82 Å². The van der Waals surface area contributed by atoms with Crippen molar-refractivity contribution in [3.63, 3.8) is 0 Å². The smallest absolute Gasteiger partial charge is 0.295 e. The first kappa shape index (κ1) is 14.3. The third-order valence-electron chi connectivity index (χ3n) is 4.94. The number of nitro groups is 1. The summed E-state index contributed by atoms with van der Waals surface area (Å²) in [7, 11) is 0. The summed E-state index contributed by atoms with van der Waals surface area (Å²) in [5.41, 5.74) is -0.162. The Kier molecular flexibility index (Phi) is 3.57. The first-order valence-electron chi connectivity index (χ1n) is 7.39. The number of hydrogen-bond acceptors (Lipinski definition) is 4. The fourth-order valence-corrected chi connectivity index (χ4v) is 3.62. The van der Waals surface area contributed by atoms with E-state index in [1.165, 1.54) is 18.2 Å². The number of ether oxygens (including phenoxy) is 1. The van der Waals surface area contributed by atoms with Gasteiger partial charge in [0, 0.05) is 24.1 Å². The second-order valence-electron chi connectivity index (χ2n) is 5.85. The monoisotopic (exact) mass is 294 g/mol. The molecule has 0 aromatic heterocycles. The molecular weight excluding hydrogens is 275 g/mol. The van der Waals surface area contributed by atoms with E-state index < -0.39 is 10.7 Å². The highest BCUT2D eigenvalue weighted by atomic mass is 19.1. The molecule has 114 valence electrons. The lowest BCUT2D eigenvalue weighted by Gasteiger charge is -2.61. The van der Waals surface area contributed by atoms with Gasteiger partial charge in [0.2, 0.25) is 0 Å². The van der Waals surface area contributed by atoms with Crippen LogP contribution in [-0.4, -0.2) is 23.7 Å². The fraction of sp³-hybridized carbons (Fsp3) is 0.600. The minimum absolute atomic E-state index is 0.00808. The van der Waals surface area contributed by atoms with Gasteiger partial charge in [-0.25, -0.2) is 4.39 Å². The van der Waals surface area contributed by atoms with Crippen LogP contribution in [-0.2, 0) is 4.74 Å². The number of nitro benzene ring substituents is 1. The molecule has 0 aliphatic heterocycles. The van der Waals surface area contributed by atoms with Crippen molar-refractivity contribution in [2.75, 3.05) is 11.9 Å². The van der Waals surface area contributed by atoms with Gasteiger partial charge in [0.1, 0.15) is 5.69 Å². The van der Waals surface area contributed by atoms with Crippen molar-refractivity contribution >= 4 is 11.4 Å². The van der Waals surface area contributed by atoms with E-state index in [-0.39, 0.29) is 28.9 Å². The van der Waals surface area contributed by atoms with Crippen LogP contribution < -0.4 is 5.32 Å². The van der Waals surface area contributed by atoms with Crippen LogP contribution >= 0.6 is 0 Å². The molecule has 1 N–H and O–H groups in total. The summed E-state index contributed by atoms with van der Waals surface area (Å²) in [4.78, 5) is 10.5. The van der Waals surface area contributed by atoms with Crippen LogP contribution in [0.3, 0.4) is 0 Å². The number of nitrogens with zero attached hydrogens (tertiary/aromatic N) is 1. The van der Waals surface area contributed by atoms with E-state index >= 15 is 0 Å². The van der Waals surface area contributed by atoms with Crippen molar-refractivity contribution in [2.45, 2.75) is 44.8 Å². The Morgan fingerprint density at radius 3 is 2.86 bits per heavy atom. The normalized spacial score (nSPS) is 26.0. The molecule has 2 aliphatic carbocycles. The van der Waals surface area contributed by atoms with Crippen molar-refractivity contribution in [1.29, 1.82) is 0 Å². The molecule has 0 radical (unpaired) electrons. The van der Waals surface area contributed by atoms with E-state index in [1.807, 2.05) is 6.92 Å². The molecule has 6 heteroatoms. The van der Waals surface area contributed by atoms with Crippen LogP contribution in [0.4, 0.5) is 15.8 Å². The van der Waals surface area contributed by atoms with E-state index in [0.29, 0.717) is 6.61 Å². The molecule has 21 heavy (non-hydrogen) atoms. The molecule has 5 nitrogen and oxygen atoms in total. The quantitative estimate of drug-likeness (QED) is 0.667. The Balaban J connectivity index is 1.81. The minimum atomic E-state index is -0.571. The second-order valence-corrected chi connectivity index (χ2v) is 5.85. The molecule has 0 amide bonds. The van der Waals surface area contributed by atoms with Crippen LogP contribution in [0.15, 0.2) is 18.2 Å². The number of para-hydroxylation sites is 1. The summed E-state index contributed by atoms with van der Waals surface area (Å²) in [5, 5.41) is 14.1. The van der Waals surface area contributed by atoms with E-state index in [2.05, 4.69) is 5.32 Å². The van der Waals surface area contributed by atoms with E-state index in [1.54, 1.807) is 0 Å². The Hall–Kier alpha value is -1.69. The van der Waals surface area contributed by atoms with Crippen LogP contribution in [0.5, 0.6) is 0 Å². The first-order chi connectivity index (χ1) is 10.1. The molecule has 3 rings (SSSR count). The molecule has 2 fully saturated rings. The highest BCUT2D eigenvalue weighted by Crippen LogP contribution is 2.58. The highest BCUT2D eigenvalue weighted by Gasteiger charge is 2.59. The molecule has 1 aromatic carbocycles. The maximum absolute atomic E-state index is 14.0. The van der Waals surface area contributed by atoms with Crippen molar-refractivity contribution in [2.24, 2.45) is 5.41 Å². The highest BCUT2D eigenvalue weighted by molar-refractivity contribution is 5.63. The van der Waals surface area contributed by atoms with E-state index in [4.69, 9.17) is 4.74 Å². The van der Waals surface area contributed by atoms with Crippen LogP contribution in [0, 0.1) is 21.3 Å². The van der Waals surface area contributed by atoms with Crippen LogP contribution in [0.1, 0.15) is 32.6 Å². The molecule has 2 aliphatic rings. The fourth-order valence-electron chi connectivity index (χ4n) is 3.62. The summed E-state index contributed by atoms with van der Waals surface area (Å²) in [6, 6.07) is 4.00. The predicted molar refractivity (Wildman–Crippen MR) is 76.8 cm³/mol. The lowest BCUT2D eigenvalue weighted by molar-refractivity contribution is -0.384. The number of nitrogens with one attached hydrogen (secondary N) is 1. The lowest BCUT2D eigenvalue weighted by atomic mass is 9.51. The van der Waals surface area contributed by atoms with Gasteiger partial charge in [-0.1, -0.05) is 12.5 Å². The topological polar surface area (TPSA) is 64.4 Å². The predicted octanol–water partition coefficient (Wildman–Crippen LogP) is 3.49. The molecule has 0 saturated heterocycles. The van der Waals surface area contributed by atoms with Gasteiger partial charge in [-0.2, -0.15) is 0 Å². The average Bonchev–Trinajstić information content (AvgIpc) is 2.36. The Labute approximate surface area is 122 Å². The zero-order valence-corrected chi connectivity index (χ0v) is 12.0. The van der Waals surface area contributed by atoms with Gasteiger partial charge >= 0.3 is 0 Å². The number of halogens is 1. The van der Waals surface area contributed by atoms with Gasteiger partial charge in [-0.3, -0.25) is 10.1 Å². The summed E-state index contributed by atoms with van der Waals surface area (Å²) in [6.07, 6.45) is 4.19. The Morgan fingerprint density at radius 1 is 1.52 bits per heavy atom. The molecule has 1 aromatic rings. The lowest BCUT2D eigenvalue weighted by Crippen LogP contribution is -2.64. The first-order valence-corrected chi connectivity index (χ1v) is 7.39. The molecule has 2 saturated carbocycles. The van der Waals surface area contributed by atoms with Crippen LogP contribution in [0.2, 0.25) is 0 Å². The zero-order chi connectivity index (χ0) is 15.0. The Morgan fingerprint density at radius 2 is 2.29 bits per heavy atom. The van der Waals surface area contributed by atoms with Crippen molar-refractivity contribution in [1.82, 2.24) is 0 Å². The maximum atomic E-state index is 14.0. The largest absolute Gasteiger partial charge is 0.378 e. The van der Waals surface area contributed by atoms with Crippen molar-refractivity contribution in [3.05, 3.63) is 34.1 Å². The standard InChI is InChI=1S/C15H19FN2O3/c1-2-21-13-9-12(15(13)7-4-8-15)17-14-10(16)5-3-6-11(14)18(19)20/h3,5-6,12-13,17H,2,4,7-9H2,1H3. The SMILES string of the molecule is CCOC1CC(Nc2c(F)cccc2[N+](=O)[O-])C12CCC2. The van der Waals surface area contributed by atoms with Gasteiger partial charge in [0.05, 0.1) is 11.0 Å². The summed E-state index contributed by atoms with van der Waals surface area (Å²) in [6.45, 7) is 2.63. The molecule has 2 atom stereocenters. The zero-order valence-electron chi connectivity index (χ0n) is 12.0. The molecule has 2 unspecified atom stereocenters. The molecule has 0 heterocycles. The van der Waals surface area contributed by atoms with Crippen molar-refractivity contribution < 1.29 is 14.1 Å². The summed E-state index contributed by atoms with van der Waals surface area (Å²) < 4.78 is 19.7. The Bertz CT molecular complexity index is 560. The maximum Gasteiger partial charge on any atom is 0.295 e. The minimum Gasteiger partial charge on any atom is -0.378 e. The third kappa shape index (κ3) is 2.18. The molecule has 1 spiro atoms. The second kappa shape index (κ2) is 5.26. The van der Waals surface area contributed by atoms with Gasteiger partial charge < -0.3 is 10.1 Å². The average molecular weight is 294 g/mol. The van der Waals surface area contributed by atoms with Gasteiger partial charge in [-0.05, 0) is 32.3 Å². The molecular formula is C15H19FN2O3. The van der Waals surface area contributed by atoms with E-state index in [9.17, 15) is 14.5 Å². The van der Waals surface area contributed by atoms with Crippen LogP contribution in [0.25, 0.3) is 0 Å². The summed E-state index contributed by atoms with van der Waals surface area (Å²) >= 11 is 0. The number of rotatable bonds is 5. The molecule has 0 bridgehead atoms. The summed E-state index contributed by atoms with van der Waals surface area (Å²) in [5.74, 6) is -0.571. The third-order valence-corrected chi connectivity index (χ3v) is 4.94. The number of anilines is 1. The van der Waals surface area contributed by atoms with Gasteiger partial charge in [-0.15, -0.1) is 0 Å². The van der Waals surface area contributed by atoms with Gasteiger partial charge in [0.25, 0.3) is 5.69 Å². The van der Waals surface area contributed by atoms with Crippen molar-refractivity contribution in [3.8, 4) is 0 Å². The number of benzene rings is 1. The number of hydrogen-bond donors (Lipinski definition) is 1.